The molecule has 1 aromatic heterocycles. The Balaban J connectivity index is 2.30. The normalized spacial score (nSPS) is 10.7. The van der Waals surface area contributed by atoms with Gasteiger partial charge in [0.1, 0.15) is 5.75 Å². The zero-order valence-electron chi connectivity index (χ0n) is 11.8. The average molecular weight is 259 g/mol. The summed E-state index contributed by atoms with van der Waals surface area (Å²) < 4.78 is 7.13. The van der Waals surface area contributed by atoms with Gasteiger partial charge in [-0.05, 0) is 42.8 Å². The summed E-state index contributed by atoms with van der Waals surface area (Å²) in [6.45, 7) is 4.01. The first kappa shape index (κ1) is 13.6. The van der Waals surface area contributed by atoms with Gasteiger partial charge in [0.2, 0.25) is 0 Å². The summed E-state index contributed by atoms with van der Waals surface area (Å²) in [5.74, 6) is 0.882. The van der Waals surface area contributed by atoms with Crippen LogP contribution in [0.2, 0.25) is 0 Å². The number of benzene rings is 1. The molecule has 102 valence electrons. The summed E-state index contributed by atoms with van der Waals surface area (Å²) in [6.07, 6.45) is 3.09. The highest BCUT2D eigenvalue weighted by Crippen LogP contribution is 2.26. The van der Waals surface area contributed by atoms with Gasteiger partial charge >= 0.3 is 0 Å². The van der Waals surface area contributed by atoms with E-state index in [1.54, 1.807) is 7.11 Å². The van der Waals surface area contributed by atoms with E-state index in [0.717, 1.165) is 36.5 Å². The molecule has 0 spiro atoms. The molecular formula is C15H21N3O. The van der Waals surface area contributed by atoms with Crippen LogP contribution in [-0.4, -0.2) is 23.4 Å². The fourth-order valence-electron chi connectivity index (χ4n) is 2.05. The Morgan fingerprint density at radius 1 is 1.32 bits per heavy atom. The summed E-state index contributed by atoms with van der Waals surface area (Å²) in [7, 11) is 3.63. The van der Waals surface area contributed by atoms with Crippen LogP contribution in [0.1, 0.15) is 18.9 Å². The molecular weight excluding hydrogens is 238 g/mol. The smallest absolute Gasteiger partial charge is 0.119 e. The number of hydrogen-bond acceptors (Lipinski definition) is 3. The van der Waals surface area contributed by atoms with E-state index in [0.29, 0.717) is 0 Å². The Morgan fingerprint density at radius 3 is 2.79 bits per heavy atom. The van der Waals surface area contributed by atoms with Crippen molar-refractivity contribution in [1.82, 2.24) is 15.1 Å². The lowest BCUT2D eigenvalue weighted by molar-refractivity contribution is 0.414. The highest BCUT2D eigenvalue weighted by molar-refractivity contribution is 5.64. The highest BCUT2D eigenvalue weighted by Gasteiger charge is 2.09. The fourth-order valence-corrected chi connectivity index (χ4v) is 2.05. The standard InChI is InChI=1S/C15H21N3O/c1-4-8-16-11-12-10-13(19-3)5-6-14(12)15-7-9-18(2)17-15/h5-7,9-10,16H,4,8,11H2,1-3H3. The minimum Gasteiger partial charge on any atom is -0.497 e. The Bertz CT molecular complexity index is 534. The van der Waals surface area contributed by atoms with Crippen molar-refractivity contribution in [2.75, 3.05) is 13.7 Å². The number of aromatic nitrogens is 2. The summed E-state index contributed by atoms with van der Waals surface area (Å²) in [6, 6.07) is 8.16. The summed E-state index contributed by atoms with van der Waals surface area (Å²) in [4.78, 5) is 0. The van der Waals surface area contributed by atoms with Crippen LogP contribution < -0.4 is 10.1 Å². The second-order valence-electron chi connectivity index (χ2n) is 4.57. The molecule has 0 saturated carbocycles. The molecule has 0 bridgehead atoms. The zero-order valence-corrected chi connectivity index (χ0v) is 11.8. The van der Waals surface area contributed by atoms with Gasteiger partial charge in [-0.25, -0.2) is 0 Å². The number of nitrogens with one attached hydrogen (secondary N) is 1. The van der Waals surface area contributed by atoms with Crippen LogP contribution in [0, 0.1) is 0 Å². The molecule has 0 aliphatic carbocycles. The predicted octanol–water partition coefficient (Wildman–Crippen LogP) is 2.60. The number of ether oxygens (including phenoxy) is 1. The number of rotatable bonds is 6. The molecule has 19 heavy (non-hydrogen) atoms. The van der Waals surface area contributed by atoms with Crippen molar-refractivity contribution in [3.63, 3.8) is 0 Å². The maximum Gasteiger partial charge on any atom is 0.119 e. The number of methoxy groups -OCH3 is 1. The van der Waals surface area contributed by atoms with E-state index < -0.39 is 0 Å². The van der Waals surface area contributed by atoms with E-state index in [2.05, 4.69) is 29.5 Å². The minimum atomic E-state index is 0.830. The Kier molecular flexibility index (Phi) is 4.58. The third-order valence-corrected chi connectivity index (χ3v) is 3.04. The van der Waals surface area contributed by atoms with Gasteiger partial charge in [0.25, 0.3) is 0 Å². The first-order valence-electron chi connectivity index (χ1n) is 6.62. The van der Waals surface area contributed by atoms with E-state index in [1.807, 2.05) is 30.1 Å². The van der Waals surface area contributed by atoms with Crippen molar-refractivity contribution in [2.24, 2.45) is 7.05 Å². The maximum absolute atomic E-state index is 5.30. The summed E-state index contributed by atoms with van der Waals surface area (Å²) in [5, 5.41) is 7.90. The molecule has 1 heterocycles. The van der Waals surface area contributed by atoms with Gasteiger partial charge in [-0.1, -0.05) is 6.92 Å². The summed E-state index contributed by atoms with van der Waals surface area (Å²) >= 11 is 0. The number of nitrogens with zero attached hydrogens (tertiary/aromatic N) is 2. The van der Waals surface area contributed by atoms with Crippen LogP contribution in [0.3, 0.4) is 0 Å². The van der Waals surface area contributed by atoms with Crippen LogP contribution in [0.5, 0.6) is 5.75 Å². The van der Waals surface area contributed by atoms with E-state index in [-0.39, 0.29) is 0 Å². The van der Waals surface area contributed by atoms with Gasteiger partial charge in [0.05, 0.1) is 12.8 Å². The lowest BCUT2D eigenvalue weighted by atomic mass is 10.0. The van der Waals surface area contributed by atoms with Crippen LogP contribution in [0.15, 0.2) is 30.5 Å². The summed E-state index contributed by atoms with van der Waals surface area (Å²) in [5.41, 5.74) is 3.37. The minimum absolute atomic E-state index is 0.830. The Morgan fingerprint density at radius 2 is 2.16 bits per heavy atom. The van der Waals surface area contributed by atoms with Crippen molar-refractivity contribution in [3.8, 4) is 17.0 Å². The van der Waals surface area contributed by atoms with Gasteiger partial charge in [-0.2, -0.15) is 5.10 Å². The molecule has 0 aliphatic heterocycles. The van der Waals surface area contributed by atoms with Crippen LogP contribution >= 0.6 is 0 Å². The molecule has 2 aromatic rings. The molecule has 0 unspecified atom stereocenters. The molecule has 4 heteroatoms. The second kappa shape index (κ2) is 6.38. The largest absolute Gasteiger partial charge is 0.497 e. The molecule has 2 rings (SSSR count). The van der Waals surface area contributed by atoms with E-state index in [1.165, 1.54) is 5.56 Å². The van der Waals surface area contributed by atoms with Crippen LogP contribution in [0.25, 0.3) is 11.3 Å². The van der Waals surface area contributed by atoms with Crippen molar-refractivity contribution in [2.45, 2.75) is 19.9 Å². The quantitative estimate of drug-likeness (QED) is 0.810. The van der Waals surface area contributed by atoms with Crippen molar-refractivity contribution in [3.05, 3.63) is 36.0 Å². The molecule has 1 aromatic carbocycles. The van der Waals surface area contributed by atoms with Gasteiger partial charge in [-0.15, -0.1) is 0 Å². The SMILES string of the molecule is CCCNCc1cc(OC)ccc1-c1ccn(C)n1. The zero-order chi connectivity index (χ0) is 13.7. The highest BCUT2D eigenvalue weighted by atomic mass is 16.5. The predicted molar refractivity (Wildman–Crippen MR) is 77.2 cm³/mol. The number of hydrogen-bond donors (Lipinski definition) is 1. The topological polar surface area (TPSA) is 39.1 Å². The Labute approximate surface area is 114 Å². The van der Waals surface area contributed by atoms with Gasteiger partial charge in [-0.3, -0.25) is 4.68 Å². The van der Waals surface area contributed by atoms with Crippen LogP contribution in [-0.2, 0) is 13.6 Å². The van der Waals surface area contributed by atoms with E-state index >= 15 is 0 Å². The monoisotopic (exact) mass is 259 g/mol. The van der Waals surface area contributed by atoms with Crippen molar-refractivity contribution in [1.29, 1.82) is 0 Å². The molecule has 0 aliphatic rings. The van der Waals surface area contributed by atoms with Crippen LogP contribution in [0.4, 0.5) is 0 Å². The third-order valence-electron chi connectivity index (χ3n) is 3.04. The average Bonchev–Trinajstić information content (AvgIpc) is 2.85. The van der Waals surface area contributed by atoms with Gasteiger partial charge in [0, 0.05) is 25.4 Å². The first-order chi connectivity index (χ1) is 9.24. The van der Waals surface area contributed by atoms with Gasteiger partial charge < -0.3 is 10.1 Å². The fraction of sp³-hybridized carbons (Fsp3) is 0.400. The molecule has 0 fully saturated rings. The molecule has 1 N–H and O–H groups in total. The molecule has 4 nitrogen and oxygen atoms in total. The van der Waals surface area contributed by atoms with Crippen molar-refractivity contribution >= 4 is 0 Å². The lowest BCUT2D eigenvalue weighted by Crippen LogP contribution is -2.14. The first-order valence-corrected chi connectivity index (χ1v) is 6.62. The second-order valence-corrected chi connectivity index (χ2v) is 4.57. The third kappa shape index (κ3) is 3.35. The van der Waals surface area contributed by atoms with Crippen molar-refractivity contribution < 1.29 is 4.74 Å². The maximum atomic E-state index is 5.30. The Hall–Kier alpha value is -1.81. The van der Waals surface area contributed by atoms with Gasteiger partial charge in [0.15, 0.2) is 0 Å². The van der Waals surface area contributed by atoms with E-state index in [9.17, 15) is 0 Å². The molecule has 0 atom stereocenters. The molecule has 0 saturated heterocycles. The molecule has 0 radical (unpaired) electrons. The molecule has 0 amide bonds. The lowest BCUT2D eigenvalue weighted by Gasteiger charge is -2.11. The van der Waals surface area contributed by atoms with E-state index in [4.69, 9.17) is 4.74 Å². The number of aryl methyl sites for hydroxylation is 1.